The SMILES string of the molecule is CC(C)c1cccc(-n2c(=S)[nH]c3ccc(C#N)cc32)c1. The van der Waals surface area contributed by atoms with E-state index >= 15 is 0 Å². The van der Waals surface area contributed by atoms with Gasteiger partial charge in [-0.1, -0.05) is 26.0 Å². The molecular formula is C17H15N3S. The van der Waals surface area contributed by atoms with Crippen molar-refractivity contribution in [3.63, 3.8) is 0 Å². The average molecular weight is 293 g/mol. The van der Waals surface area contributed by atoms with Gasteiger partial charge in [0.1, 0.15) is 0 Å². The first-order valence-corrected chi connectivity index (χ1v) is 7.26. The molecule has 4 heteroatoms. The minimum atomic E-state index is 0.457. The van der Waals surface area contributed by atoms with Crippen LogP contribution in [0.25, 0.3) is 16.7 Å². The lowest BCUT2D eigenvalue weighted by atomic mass is 10.0. The van der Waals surface area contributed by atoms with E-state index in [0.717, 1.165) is 16.7 Å². The van der Waals surface area contributed by atoms with Gasteiger partial charge in [0.15, 0.2) is 4.77 Å². The Morgan fingerprint density at radius 3 is 2.71 bits per heavy atom. The number of hydrogen-bond acceptors (Lipinski definition) is 2. The molecule has 1 aromatic heterocycles. The topological polar surface area (TPSA) is 44.5 Å². The number of nitrogens with zero attached hydrogens (tertiary/aromatic N) is 2. The highest BCUT2D eigenvalue weighted by Gasteiger charge is 2.09. The third-order valence-electron chi connectivity index (χ3n) is 3.61. The van der Waals surface area contributed by atoms with E-state index < -0.39 is 0 Å². The maximum atomic E-state index is 9.09. The molecule has 0 amide bonds. The van der Waals surface area contributed by atoms with Crippen LogP contribution < -0.4 is 0 Å². The van der Waals surface area contributed by atoms with Crippen molar-refractivity contribution in [3.8, 4) is 11.8 Å². The fraction of sp³-hybridized carbons (Fsp3) is 0.176. The van der Waals surface area contributed by atoms with Crippen LogP contribution in [-0.4, -0.2) is 9.55 Å². The van der Waals surface area contributed by atoms with Crippen LogP contribution in [0.3, 0.4) is 0 Å². The van der Waals surface area contributed by atoms with Gasteiger partial charge >= 0.3 is 0 Å². The van der Waals surface area contributed by atoms with Crippen molar-refractivity contribution in [2.45, 2.75) is 19.8 Å². The zero-order valence-electron chi connectivity index (χ0n) is 11.9. The lowest BCUT2D eigenvalue weighted by Crippen LogP contribution is -1.96. The molecule has 21 heavy (non-hydrogen) atoms. The molecule has 0 saturated carbocycles. The highest BCUT2D eigenvalue weighted by Crippen LogP contribution is 2.23. The monoisotopic (exact) mass is 293 g/mol. The van der Waals surface area contributed by atoms with Crippen molar-refractivity contribution in [3.05, 3.63) is 58.4 Å². The van der Waals surface area contributed by atoms with Gasteiger partial charge in [-0.2, -0.15) is 5.26 Å². The Hall–Kier alpha value is -2.38. The number of hydrogen-bond donors (Lipinski definition) is 1. The van der Waals surface area contributed by atoms with Crippen LogP contribution in [0.5, 0.6) is 0 Å². The Kier molecular flexibility index (Phi) is 3.36. The lowest BCUT2D eigenvalue weighted by Gasteiger charge is -2.09. The van der Waals surface area contributed by atoms with E-state index in [1.165, 1.54) is 5.56 Å². The number of imidazole rings is 1. The summed E-state index contributed by atoms with van der Waals surface area (Å²) in [5, 5.41) is 9.09. The number of fused-ring (bicyclic) bond motifs is 1. The molecule has 0 bridgehead atoms. The summed E-state index contributed by atoms with van der Waals surface area (Å²) in [6.07, 6.45) is 0. The quantitative estimate of drug-likeness (QED) is 0.697. The molecule has 0 saturated heterocycles. The van der Waals surface area contributed by atoms with E-state index in [0.29, 0.717) is 16.3 Å². The minimum Gasteiger partial charge on any atom is -0.330 e. The summed E-state index contributed by atoms with van der Waals surface area (Å²) >= 11 is 5.45. The minimum absolute atomic E-state index is 0.457. The number of benzene rings is 2. The molecule has 1 heterocycles. The van der Waals surface area contributed by atoms with Crippen LogP contribution >= 0.6 is 12.2 Å². The lowest BCUT2D eigenvalue weighted by molar-refractivity contribution is 0.863. The van der Waals surface area contributed by atoms with E-state index in [9.17, 15) is 0 Å². The molecule has 0 aliphatic carbocycles. The standard InChI is InChI=1S/C17H15N3S/c1-11(2)13-4-3-5-14(9-13)20-16-8-12(10-18)6-7-15(16)19-17(20)21/h3-9,11H,1-2H3,(H,19,21). The first-order valence-electron chi connectivity index (χ1n) is 6.85. The van der Waals surface area contributed by atoms with Gasteiger partial charge < -0.3 is 4.98 Å². The van der Waals surface area contributed by atoms with Gasteiger partial charge in [0.2, 0.25) is 0 Å². The molecule has 3 nitrogen and oxygen atoms in total. The molecule has 0 spiro atoms. The molecule has 1 N–H and O–H groups in total. The first-order chi connectivity index (χ1) is 10.1. The van der Waals surface area contributed by atoms with E-state index in [1.54, 1.807) is 6.07 Å². The van der Waals surface area contributed by atoms with Crippen molar-refractivity contribution in [1.29, 1.82) is 5.26 Å². The molecule has 2 aromatic carbocycles. The fourth-order valence-corrected chi connectivity index (χ4v) is 2.77. The smallest absolute Gasteiger partial charge is 0.182 e. The molecule has 3 aromatic rings. The second-order valence-corrected chi connectivity index (χ2v) is 5.75. The third-order valence-corrected chi connectivity index (χ3v) is 3.89. The molecule has 0 aliphatic rings. The highest BCUT2D eigenvalue weighted by molar-refractivity contribution is 7.71. The van der Waals surface area contributed by atoms with Crippen molar-refractivity contribution in [2.24, 2.45) is 0 Å². The second-order valence-electron chi connectivity index (χ2n) is 5.36. The van der Waals surface area contributed by atoms with Crippen molar-refractivity contribution in [1.82, 2.24) is 9.55 Å². The van der Waals surface area contributed by atoms with Gasteiger partial charge in [-0.3, -0.25) is 4.57 Å². The summed E-state index contributed by atoms with van der Waals surface area (Å²) < 4.78 is 2.62. The largest absolute Gasteiger partial charge is 0.330 e. The summed E-state index contributed by atoms with van der Waals surface area (Å²) in [7, 11) is 0. The molecular weight excluding hydrogens is 278 g/mol. The van der Waals surface area contributed by atoms with Crippen LogP contribution in [0.2, 0.25) is 0 Å². The van der Waals surface area contributed by atoms with Crippen LogP contribution in [0.1, 0.15) is 30.9 Å². The average Bonchev–Trinajstić information content (AvgIpc) is 2.82. The number of nitrogens with one attached hydrogen (secondary N) is 1. The first kappa shape index (κ1) is 13.6. The Balaban J connectivity index is 2.29. The summed E-state index contributed by atoms with van der Waals surface area (Å²) in [5.74, 6) is 0.457. The fourth-order valence-electron chi connectivity index (χ4n) is 2.45. The molecule has 104 valence electrons. The van der Waals surface area contributed by atoms with Gasteiger partial charge in [-0.15, -0.1) is 0 Å². The Bertz CT molecular complexity index is 910. The van der Waals surface area contributed by atoms with Crippen LogP contribution in [-0.2, 0) is 0 Å². The molecule has 0 aliphatic heterocycles. The molecule has 0 atom stereocenters. The number of H-pyrrole nitrogens is 1. The second kappa shape index (κ2) is 5.19. The van der Waals surface area contributed by atoms with Gasteiger partial charge in [0.25, 0.3) is 0 Å². The zero-order valence-corrected chi connectivity index (χ0v) is 12.7. The maximum absolute atomic E-state index is 9.09. The summed E-state index contributed by atoms with van der Waals surface area (Å²) in [6, 6.07) is 16.1. The van der Waals surface area contributed by atoms with E-state index in [1.807, 2.05) is 28.8 Å². The van der Waals surface area contributed by atoms with Gasteiger partial charge in [0, 0.05) is 5.69 Å². The van der Waals surface area contributed by atoms with Crippen LogP contribution in [0.4, 0.5) is 0 Å². The Morgan fingerprint density at radius 2 is 2.00 bits per heavy atom. The number of rotatable bonds is 2. The number of nitriles is 1. The number of aromatic amines is 1. The molecule has 0 unspecified atom stereocenters. The van der Waals surface area contributed by atoms with Crippen LogP contribution in [0, 0.1) is 16.1 Å². The van der Waals surface area contributed by atoms with E-state index in [-0.39, 0.29) is 0 Å². The molecule has 0 radical (unpaired) electrons. The number of aromatic nitrogens is 2. The molecule has 0 fully saturated rings. The maximum Gasteiger partial charge on any atom is 0.182 e. The van der Waals surface area contributed by atoms with Crippen molar-refractivity contribution in [2.75, 3.05) is 0 Å². The van der Waals surface area contributed by atoms with E-state index in [2.05, 4.69) is 37.0 Å². The van der Waals surface area contributed by atoms with Gasteiger partial charge in [-0.05, 0) is 54.0 Å². The van der Waals surface area contributed by atoms with E-state index in [4.69, 9.17) is 17.5 Å². The normalized spacial score (nSPS) is 11.0. The highest BCUT2D eigenvalue weighted by atomic mass is 32.1. The predicted octanol–water partition coefficient (Wildman–Crippen LogP) is 4.68. The summed E-state index contributed by atoms with van der Waals surface area (Å²) in [5.41, 5.74) is 4.78. The van der Waals surface area contributed by atoms with Crippen LogP contribution in [0.15, 0.2) is 42.5 Å². The Morgan fingerprint density at radius 1 is 1.19 bits per heavy atom. The van der Waals surface area contributed by atoms with Crippen molar-refractivity contribution >= 4 is 23.3 Å². The molecule has 3 rings (SSSR count). The summed E-state index contributed by atoms with van der Waals surface area (Å²) in [6.45, 7) is 4.34. The summed E-state index contributed by atoms with van der Waals surface area (Å²) in [4.78, 5) is 3.19. The van der Waals surface area contributed by atoms with Crippen molar-refractivity contribution < 1.29 is 0 Å². The van der Waals surface area contributed by atoms with Gasteiger partial charge in [-0.25, -0.2) is 0 Å². The zero-order chi connectivity index (χ0) is 15.0. The predicted molar refractivity (Wildman–Crippen MR) is 87.3 cm³/mol. The third kappa shape index (κ3) is 2.37. The Labute approximate surface area is 128 Å². The van der Waals surface area contributed by atoms with Gasteiger partial charge in [0.05, 0.1) is 22.7 Å².